The van der Waals surface area contributed by atoms with Gasteiger partial charge in [-0.2, -0.15) is 0 Å². The lowest BCUT2D eigenvalue weighted by Gasteiger charge is -2.07. The average molecular weight is 209 g/mol. The highest BCUT2D eigenvalue weighted by atomic mass is 35.5. The van der Waals surface area contributed by atoms with Gasteiger partial charge in [-0.05, 0) is 23.8 Å². The molecule has 0 bridgehead atoms. The minimum Gasteiger partial charge on any atom is -0.472 e. The molecule has 0 aliphatic heterocycles. The summed E-state index contributed by atoms with van der Waals surface area (Å²) in [4.78, 5) is 0. The molecule has 0 aliphatic rings. The van der Waals surface area contributed by atoms with E-state index in [2.05, 4.69) is 0 Å². The van der Waals surface area contributed by atoms with Crippen LogP contribution in [0, 0.1) is 0 Å². The van der Waals surface area contributed by atoms with Gasteiger partial charge in [0.2, 0.25) is 0 Å². The number of hydrogen-bond donors (Lipinski definition) is 1. The van der Waals surface area contributed by atoms with Gasteiger partial charge in [-0.15, -0.1) is 0 Å². The zero-order chi connectivity index (χ0) is 9.97. The molecule has 2 nitrogen and oxygen atoms in total. The minimum atomic E-state index is -0.647. The molecule has 72 valence electrons. The molecule has 1 unspecified atom stereocenters. The van der Waals surface area contributed by atoms with Crippen molar-refractivity contribution < 1.29 is 9.52 Å². The number of benzene rings is 1. The molecule has 1 N–H and O–H groups in total. The van der Waals surface area contributed by atoms with E-state index >= 15 is 0 Å². The molecule has 0 radical (unpaired) electrons. The molecule has 0 aliphatic carbocycles. The first-order valence-corrected chi connectivity index (χ1v) is 4.61. The summed E-state index contributed by atoms with van der Waals surface area (Å²) in [5.41, 5.74) is 1.54. The first-order valence-electron chi connectivity index (χ1n) is 4.23. The van der Waals surface area contributed by atoms with Crippen molar-refractivity contribution in [2.24, 2.45) is 0 Å². The van der Waals surface area contributed by atoms with Crippen molar-refractivity contribution in [3.05, 3.63) is 59.0 Å². The van der Waals surface area contributed by atoms with Crippen LogP contribution in [-0.4, -0.2) is 5.11 Å². The summed E-state index contributed by atoms with van der Waals surface area (Å²) in [7, 11) is 0. The van der Waals surface area contributed by atoms with Crippen molar-refractivity contribution >= 4 is 11.6 Å². The molecule has 1 aromatic heterocycles. The fourth-order valence-electron chi connectivity index (χ4n) is 1.27. The van der Waals surface area contributed by atoms with Gasteiger partial charge in [0.25, 0.3) is 0 Å². The maximum atomic E-state index is 9.87. The van der Waals surface area contributed by atoms with E-state index in [1.807, 2.05) is 0 Å². The van der Waals surface area contributed by atoms with E-state index in [0.29, 0.717) is 5.02 Å². The third-order valence-electron chi connectivity index (χ3n) is 2.04. The summed E-state index contributed by atoms with van der Waals surface area (Å²) >= 11 is 5.74. The first kappa shape index (κ1) is 9.31. The SMILES string of the molecule is OC(c1ccc(Cl)cc1)c1ccoc1. The number of furan rings is 1. The number of hydrogen-bond acceptors (Lipinski definition) is 2. The predicted molar refractivity (Wildman–Crippen MR) is 54.2 cm³/mol. The van der Waals surface area contributed by atoms with Crippen molar-refractivity contribution in [1.82, 2.24) is 0 Å². The molecule has 0 saturated heterocycles. The van der Waals surface area contributed by atoms with E-state index in [9.17, 15) is 5.11 Å². The molecule has 0 amide bonds. The molecule has 2 aromatic rings. The lowest BCUT2D eigenvalue weighted by molar-refractivity contribution is 0.219. The Balaban J connectivity index is 2.28. The Hall–Kier alpha value is -1.25. The molecule has 0 fully saturated rings. The normalized spacial score (nSPS) is 12.7. The number of rotatable bonds is 2. The second-order valence-corrected chi connectivity index (χ2v) is 3.45. The quantitative estimate of drug-likeness (QED) is 0.823. The Labute approximate surface area is 86.7 Å². The monoisotopic (exact) mass is 208 g/mol. The van der Waals surface area contributed by atoms with Crippen molar-refractivity contribution in [2.75, 3.05) is 0 Å². The van der Waals surface area contributed by atoms with Gasteiger partial charge in [-0.25, -0.2) is 0 Å². The lowest BCUT2D eigenvalue weighted by atomic mass is 10.0. The molecule has 3 heteroatoms. The van der Waals surface area contributed by atoms with Gasteiger partial charge in [0.05, 0.1) is 12.5 Å². The third-order valence-corrected chi connectivity index (χ3v) is 2.30. The Kier molecular flexibility index (Phi) is 2.57. The van der Waals surface area contributed by atoms with Crippen LogP contribution in [0.25, 0.3) is 0 Å². The van der Waals surface area contributed by atoms with E-state index in [1.165, 1.54) is 12.5 Å². The standard InChI is InChI=1S/C11H9ClO2/c12-10-3-1-8(2-4-10)11(13)9-5-6-14-7-9/h1-7,11,13H. The maximum absolute atomic E-state index is 9.87. The second kappa shape index (κ2) is 3.86. The van der Waals surface area contributed by atoms with Crippen LogP contribution in [0.15, 0.2) is 47.3 Å². The topological polar surface area (TPSA) is 33.4 Å². The molecule has 1 atom stereocenters. The van der Waals surface area contributed by atoms with Crippen LogP contribution < -0.4 is 0 Å². The summed E-state index contributed by atoms with van der Waals surface area (Å²) < 4.78 is 4.89. The van der Waals surface area contributed by atoms with Gasteiger partial charge in [0.1, 0.15) is 6.10 Å². The van der Waals surface area contributed by atoms with E-state index in [0.717, 1.165) is 11.1 Å². The Morgan fingerprint density at radius 3 is 2.36 bits per heavy atom. The van der Waals surface area contributed by atoms with Crippen LogP contribution in [0.2, 0.25) is 5.02 Å². The van der Waals surface area contributed by atoms with E-state index < -0.39 is 6.10 Å². The van der Waals surface area contributed by atoms with Crippen LogP contribution >= 0.6 is 11.6 Å². The van der Waals surface area contributed by atoms with Gasteiger partial charge in [0.15, 0.2) is 0 Å². The zero-order valence-electron chi connectivity index (χ0n) is 7.35. The summed E-state index contributed by atoms with van der Waals surface area (Å²) in [6, 6.07) is 8.82. The fraction of sp³-hybridized carbons (Fsp3) is 0.0909. The summed E-state index contributed by atoms with van der Waals surface area (Å²) in [6.07, 6.45) is 2.42. The summed E-state index contributed by atoms with van der Waals surface area (Å²) in [5.74, 6) is 0. The van der Waals surface area contributed by atoms with Gasteiger partial charge in [-0.3, -0.25) is 0 Å². The Morgan fingerprint density at radius 2 is 1.79 bits per heavy atom. The molecule has 0 spiro atoms. The minimum absolute atomic E-state index is 0.647. The van der Waals surface area contributed by atoms with Gasteiger partial charge in [0, 0.05) is 10.6 Å². The van der Waals surface area contributed by atoms with Crippen LogP contribution in [0.3, 0.4) is 0 Å². The highest BCUT2D eigenvalue weighted by Crippen LogP contribution is 2.23. The van der Waals surface area contributed by atoms with E-state index in [1.54, 1.807) is 30.3 Å². The summed E-state index contributed by atoms with van der Waals surface area (Å²) in [5, 5.41) is 10.5. The Morgan fingerprint density at radius 1 is 1.07 bits per heavy atom. The highest BCUT2D eigenvalue weighted by Gasteiger charge is 2.10. The molecule has 14 heavy (non-hydrogen) atoms. The molecular weight excluding hydrogens is 200 g/mol. The second-order valence-electron chi connectivity index (χ2n) is 3.01. The predicted octanol–water partition coefficient (Wildman–Crippen LogP) is 3.01. The highest BCUT2D eigenvalue weighted by molar-refractivity contribution is 6.30. The first-order chi connectivity index (χ1) is 6.77. The van der Waals surface area contributed by atoms with E-state index in [-0.39, 0.29) is 0 Å². The van der Waals surface area contributed by atoms with E-state index in [4.69, 9.17) is 16.0 Å². The molecule has 2 rings (SSSR count). The number of aliphatic hydroxyl groups is 1. The van der Waals surface area contributed by atoms with Gasteiger partial charge < -0.3 is 9.52 Å². The molecular formula is C11H9ClO2. The average Bonchev–Trinajstić information content (AvgIpc) is 2.71. The van der Waals surface area contributed by atoms with Gasteiger partial charge >= 0.3 is 0 Å². The van der Waals surface area contributed by atoms with Crippen LogP contribution in [0.4, 0.5) is 0 Å². The number of aliphatic hydroxyl groups excluding tert-OH is 1. The molecule has 1 aromatic carbocycles. The van der Waals surface area contributed by atoms with Crippen molar-refractivity contribution in [1.29, 1.82) is 0 Å². The fourth-order valence-corrected chi connectivity index (χ4v) is 1.39. The van der Waals surface area contributed by atoms with Crippen molar-refractivity contribution in [3.8, 4) is 0 Å². The van der Waals surface area contributed by atoms with Crippen molar-refractivity contribution in [2.45, 2.75) is 6.10 Å². The van der Waals surface area contributed by atoms with Crippen molar-refractivity contribution in [3.63, 3.8) is 0 Å². The lowest BCUT2D eigenvalue weighted by Crippen LogP contribution is -1.96. The largest absolute Gasteiger partial charge is 0.472 e. The third kappa shape index (κ3) is 1.81. The van der Waals surface area contributed by atoms with Gasteiger partial charge in [-0.1, -0.05) is 23.7 Å². The molecule has 0 saturated carbocycles. The van der Waals surface area contributed by atoms with Crippen LogP contribution in [0.5, 0.6) is 0 Å². The Bertz CT molecular complexity index is 392. The number of halogens is 1. The summed E-state index contributed by atoms with van der Waals surface area (Å²) in [6.45, 7) is 0. The zero-order valence-corrected chi connectivity index (χ0v) is 8.11. The smallest absolute Gasteiger partial charge is 0.107 e. The molecule has 1 heterocycles. The van der Waals surface area contributed by atoms with Crippen LogP contribution in [-0.2, 0) is 0 Å². The van der Waals surface area contributed by atoms with Crippen LogP contribution in [0.1, 0.15) is 17.2 Å². The maximum Gasteiger partial charge on any atom is 0.107 e.